The number of halogens is 2. The average Bonchev–Trinajstić information content (AvgIpc) is 3.06. The number of nitrogens with zero attached hydrogens (tertiary/aromatic N) is 1. The van der Waals surface area contributed by atoms with Gasteiger partial charge in [0.2, 0.25) is 9.84 Å². The van der Waals surface area contributed by atoms with Gasteiger partial charge in [-0.25, -0.2) is 12.8 Å². The molecule has 27 heavy (non-hydrogen) atoms. The van der Waals surface area contributed by atoms with Crippen LogP contribution in [0, 0.1) is 5.82 Å². The highest BCUT2D eigenvalue weighted by Crippen LogP contribution is 2.29. The topological polar surface area (TPSA) is 86.9 Å². The minimum absolute atomic E-state index is 0. The van der Waals surface area contributed by atoms with Crippen LogP contribution in [0.1, 0.15) is 12.8 Å². The van der Waals surface area contributed by atoms with E-state index in [0.29, 0.717) is 16.9 Å². The molecular formula is C18H20ClFN4O2S. The molecule has 0 radical (unpaired) electrons. The van der Waals surface area contributed by atoms with Crippen molar-refractivity contribution in [3.8, 4) is 0 Å². The van der Waals surface area contributed by atoms with E-state index in [1.165, 1.54) is 18.2 Å². The van der Waals surface area contributed by atoms with Gasteiger partial charge in [0.25, 0.3) is 0 Å². The van der Waals surface area contributed by atoms with Gasteiger partial charge >= 0.3 is 0 Å². The summed E-state index contributed by atoms with van der Waals surface area (Å²) in [7, 11) is -3.89. The molecule has 1 aromatic heterocycles. The van der Waals surface area contributed by atoms with Crippen molar-refractivity contribution in [2.45, 2.75) is 28.8 Å². The quantitative estimate of drug-likeness (QED) is 0.615. The van der Waals surface area contributed by atoms with Gasteiger partial charge in [-0.2, -0.15) is 5.10 Å². The van der Waals surface area contributed by atoms with E-state index < -0.39 is 15.7 Å². The van der Waals surface area contributed by atoms with Gasteiger partial charge in [0.1, 0.15) is 5.82 Å². The molecule has 4 rings (SSSR count). The highest BCUT2D eigenvalue weighted by Gasteiger charge is 2.24. The molecule has 0 saturated carbocycles. The molecule has 9 heteroatoms. The van der Waals surface area contributed by atoms with Crippen LogP contribution in [0.5, 0.6) is 0 Å². The third kappa shape index (κ3) is 3.92. The minimum Gasteiger partial charge on any atom is -0.382 e. The smallest absolute Gasteiger partial charge is 0.224 e. The van der Waals surface area contributed by atoms with Crippen LogP contribution in [-0.2, 0) is 9.84 Å². The molecule has 2 heterocycles. The number of aromatic nitrogens is 2. The fraction of sp³-hybridized carbons (Fsp3) is 0.278. The average molecular weight is 411 g/mol. The molecular weight excluding hydrogens is 391 g/mol. The predicted octanol–water partition coefficient (Wildman–Crippen LogP) is 3.12. The maximum atomic E-state index is 13.5. The highest BCUT2D eigenvalue weighted by atomic mass is 35.5. The second kappa shape index (κ2) is 7.84. The Morgan fingerprint density at radius 1 is 1.11 bits per heavy atom. The molecule has 1 fully saturated rings. The molecule has 3 aromatic rings. The molecule has 0 atom stereocenters. The second-order valence-electron chi connectivity index (χ2n) is 6.41. The Morgan fingerprint density at radius 2 is 1.89 bits per heavy atom. The number of H-pyrrole nitrogens is 1. The zero-order chi connectivity index (χ0) is 18.1. The lowest BCUT2D eigenvalue weighted by atomic mass is 10.1. The fourth-order valence-electron chi connectivity index (χ4n) is 3.24. The molecule has 0 spiro atoms. The Kier molecular flexibility index (Phi) is 5.69. The number of sulfone groups is 1. The molecule has 0 unspecified atom stereocenters. The molecule has 0 aliphatic carbocycles. The van der Waals surface area contributed by atoms with Crippen LogP contribution in [0.3, 0.4) is 0 Å². The van der Waals surface area contributed by atoms with Crippen LogP contribution in [-0.4, -0.2) is 37.7 Å². The number of hydrogen-bond donors (Lipinski definition) is 3. The number of hydrogen-bond acceptors (Lipinski definition) is 5. The van der Waals surface area contributed by atoms with Crippen molar-refractivity contribution >= 4 is 38.8 Å². The molecule has 6 nitrogen and oxygen atoms in total. The van der Waals surface area contributed by atoms with Crippen LogP contribution in [0.2, 0.25) is 0 Å². The number of rotatable bonds is 4. The first-order valence-corrected chi connectivity index (χ1v) is 9.98. The van der Waals surface area contributed by atoms with Gasteiger partial charge in [-0.05, 0) is 62.3 Å². The minimum atomic E-state index is -3.89. The van der Waals surface area contributed by atoms with Crippen molar-refractivity contribution < 1.29 is 12.8 Å². The lowest BCUT2D eigenvalue weighted by Gasteiger charge is -2.24. The van der Waals surface area contributed by atoms with Gasteiger partial charge in [0.15, 0.2) is 5.03 Å². The van der Waals surface area contributed by atoms with E-state index in [4.69, 9.17) is 0 Å². The number of anilines is 1. The SMILES string of the molecule is Cl.O=S(=O)(c1cccc(F)c1)c1[nH]nc2ccc(NC3CCNCC3)cc12. The second-order valence-corrected chi connectivity index (χ2v) is 8.30. The van der Waals surface area contributed by atoms with Crippen LogP contribution in [0.25, 0.3) is 10.9 Å². The number of benzene rings is 2. The summed E-state index contributed by atoms with van der Waals surface area (Å²) in [4.78, 5) is -0.0974. The number of aromatic amines is 1. The molecule has 1 saturated heterocycles. The summed E-state index contributed by atoms with van der Waals surface area (Å²) < 4.78 is 39.3. The fourth-order valence-corrected chi connectivity index (χ4v) is 4.62. The molecule has 1 aliphatic rings. The first-order chi connectivity index (χ1) is 12.5. The van der Waals surface area contributed by atoms with E-state index in [2.05, 4.69) is 20.8 Å². The van der Waals surface area contributed by atoms with E-state index in [0.717, 1.165) is 37.7 Å². The Bertz CT molecular complexity index is 1050. The van der Waals surface area contributed by atoms with Gasteiger partial charge in [-0.3, -0.25) is 5.10 Å². The van der Waals surface area contributed by atoms with E-state index in [-0.39, 0.29) is 22.3 Å². The van der Waals surface area contributed by atoms with E-state index in [1.807, 2.05) is 6.07 Å². The standard InChI is InChI=1S/C18H19FN4O2S.ClH/c19-12-2-1-3-15(10-12)26(24,25)18-16-11-14(4-5-17(16)22-23-18)21-13-6-8-20-9-7-13;/h1-5,10-11,13,20-21H,6-9H2,(H,22,23);1H. The van der Waals surface area contributed by atoms with Gasteiger partial charge in [-0.1, -0.05) is 6.07 Å². The van der Waals surface area contributed by atoms with Crippen molar-refractivity contribution in [2.75, 3.05) is 18.4 Å². The van der Waals surface area contributed by atoms with Gasteiger partial charge < -0.3 is 10.6 Å². The summed E-state index contributed by atoms with van der Waals surface area (Å²) in [5, 5.41) is 13.9. The number of nitrogens with one attached hydrogen (secondary N) is 3. The normalized spacial score (nSPS) is 15.4. The summed E-state index contributed by atoms with van der Waals surface area (Å²) in [6, 6.07) is 10.8. The molecule has 0 bridgehead atoms. The number of piperidine rings is 1. The lowest BCUT2D eigenvalue weighted by Crippen LogP contribution is -2.35. The summed E-state index contributed by atoms with van der Waals surface area (Å²) in [5.74, 6) is -0.594. The summed E-state index contributed by atoms with van der Waals surface area (Å²) in [6.45, 7) is 1.93. The Hall–Kier alpha value is -2.16. The number of fused-ring (bicyclic) bond motifs is 1. The van der Waals surface area contributed by atoms with Crippen molar-refractivity contribution in [3.63, 3.8) is 0 Å². The molecule has 1 aliphatic heterocycles. The summed E-state index contributed by atoms with van der Waals surface area (Å²) in [5.41, 5.74) is 1.40. The van der Waals surface area contributed by atoms with Crippen molar-refractivity contribution in [1.82, 2.24) is 15.5 Å². The third-order valence-electron chi connectivity index (χ3n) is 4.60. The van der Waals surface area contributed by atoms with Gasteiger partial charge in [-0.15, -0.1) is 12.4 Å². The van der Waals surface area contributed by atoms with Crippen LogP contribution in [0.15, 0.2) is 52.4 Å². The molecule has 3 N–H and O–H groups in total. The van der Waals surface area contributed by atoms with E-state index in [9.17, 15) is 12.8 Å². The van der Waals surface area contributed by atoms with Crippen LogP contribution in [0.4, 0.5) is 10.1 Å². The van der Waals surface area contributed by atoms with Gasteiger partial charge in [0, 0.05) is 17.1 Å². The summed E-state index contributed by atoms with van der Waals surface area (Å²) in [6.07, 6.45) is 2.02. The summed E-state index contributed by atoms with van der Waals surface area (Å²) >= 11 is 0. The molecule has 0 amide bonds. The van der Waals surface area contributed by atoms with E-state index in [1.54, 1.807) is 12.1 Å². The lowest BCUT2D eigenvalue weighted by molar-refractivity contribution is 0.479. The van der Waals surface area contributed by atoms with E-state index >= 15 is 0 Å². The predicted molar refractivity (Wildman–Crippen MR) is 105 cm³/mol. The third-order valence-corrected chi connectivity index (χ3v) is 6.33. The molecule has 2 aromatic carbocycles. The van der Waals surface area contributed by atoms with Crippen LogP contribution < -0.4 is 10.6 Å². The largest absolute Gasteiger partial charge is 0.382 e. The van der Waals surface area contributed by atoms with Crippen molar-refractivity contribution in [2.24, 2.45) is 0 Å². The maximum Gasteiger partial charge on any atom is 0.224 e. The zero-order valence-electron chi connectivity index (χ0n) is 14.4. The first-order valence-electron chi connectivity index (χ1n) is 8.50. The van der Waals surface area contributed by atoms with Gasteiger partial charge in [0.05, 0.1) is 10.4 Å². The zero-order valence-corrected chi connectivity index (χ0v) is 16.0. The maximum absolute atomic E-state index is 13.5. The van der Waals surface area contributed by atoms with Crippen molar-refractivity contribution in [1.29, 1.82) is 0 Å². The first kappa shape index (κ1) is 19.6. The monoisotopic (exact) mass is 410 g/mol. The van der Waals surface area contributed by atoms with Crippen molar-refractivity contribution in [3.05, 3.63) is 48.3 Å². The Balaban J connectivity index is 0.00000210. The van der Waals surface area contributed by atoms with Crippen LogP contribution >= 0.6 is 12.4 Å². The Morgan fingerprint density at radius 3 is 2.63 bits per heavy atom. The Labute approximate surface area is 162 Å². The highest BCUT2D eigenvalue weighted by molar-refractivity contribution is 7.91. The molecule has 144 valence electrons.